The molecule has 152 valence electrons. The molecule has 2 N–H and O–H groups in total. The maximum atomic E-state index is 12.8. The number of rotatable bonds is 2. The molecular weight excluding hydrogens is 376 g/mol. The van der Waals surface area contributed by atoms with E-state index in [4.69, 9.17) is 9.90 Å². The zero-order chi connectivity index (χ0) is 20.8. The van der Waals surface area contributed by atoms with E-state index in [9.17, 15) is 4.79 Å². The van der Waals surface area contributed by atoms with Gasteiger partial charge in [0.2, 0.25) is 0 Å². The van der Waals surface area contributed by atoms with E-state index in [1.807, 2.05) is 11.8 Å². The van der Waals surface area contributed by atoms with Crippen LogP contribution in [0.5, 0.6) is 0 Å². The van der Waals surface area contributed by atoms with Crippen molar-refractivity contribution >= 4 is 29.4 Å². The topological polar surface area (TPSA) is 141 Å². The quantitative estimate of drug-likeness (QED) is 0.600. The summed E-state index contributed by atoms with van der Waals surface area (Å²) in [6, 6.07) is 1.75. The first kappa shape index (κ1) is 20.1. The summed E-state index contributed by atoms with van der Waals surface area (Å²) in [5.74, 6) is 1.40. The molecule has 3 aromatic rings. The van der Waals surface area contributed by atoms with Crippen molar-refractivity contribution in [1.29, 1.82) is 0 Å². The zero-order valence-electron chi connectivity index (χ0n) is 16.2. The number of carbonyl (C=O) groups excluding carboxylic acids is 1. The molecule has 1 fully saturated rings. The highest BCUT2D eigenvalue weighted by molar-refractivity contribution is 5.92. The molecule has 1 amide bonds. The van der Waals surface area contributed by atoms with E-state index in [1.54, 1.807) is 19.3 Å². The first-order valence-corrected chi connectivity index (χ1v) is 9.12. The lowest BCUT2D eigenvalue weighted by Crippen LogP contribution is -2.36. The largest absolute Gasteiger partial charge is 0.483 e. The Labute approximate surface area is 166 Å². The molecule has 0 aromatic carbocycles. The van der Waals surface area contributed by atoms with Crippen LogP contribution in [-0.4, -0.2) is 78.5 Å². The maximum Gasteiger partial charge on any atom is 0.290 e. The number of aromatic amines is 1. The minimum Gasteiger partial charge on any atom is -0.483 e. The lowest BCUT2D eigenvalue weighted by Gasteiger charge is -2.23. The van der Waals surface area contributed by atoms with E-state index in [2.05, 4.69) is 34.8 Å². The van der Waals surface area contributed by atoms with Gasteiger partial charge in [0.15, 0.2) is 11.5 Å². The fourth-order valence-corrected chi connectivity index (χ4v) is 3.31. The number of hydrogen-bond donors (Lipinski definition) is 2. The van der Waals surface area contributed by atoms with E-state index >= 15 is 0 Å². The standard InChI is InChI=1S/C17H20N8O.CH2O2/c1-11-8-13(23-12(2)22-11)17(26)25-5-3-4-24(6-7-25)16-14-15(19-9-18-14)20-10-21-16;2-1-3/h8-10H,3-7H2,1-2H3,(H,18,19,20,21);1H,(H,2,3). The summed E-state index contributed by atoms with van der Waals surface area (Å²) < 4.78 is 0. The van der Waals surface area contributed by atoms with Gasteiger partial charge in [-0.1, -0.05) is 0 Å². The van der Waals surface area contributed by atoms with Gasteiger partial charge in [0, 0.05) is 31.9 Å². The Balaban J connectivity index is 0.000000755. The van der Waals surface area contributed by atoms with E-state index in [1.165, 1.54) is 6.33 Å². The van der Waals surface area contributed by atoms with E-state index in [0.29, 0.717) is 36.8 Å². The Hall–Kier alpha value is -3.63. The van der Waals surface area contributed by atoms with E-state index in [-0.39, 0.29) is 12.4 Å². The van der Waals surface area contributed by atoms with E-state index in [0.717, 1.165) is 30.0 Å². The van der Waals surface area contributed by atoms with Gasteiger partial charge < -0.3 is 19.9 Å². The van der Waals surface area contributed by atoms with Crippen molar-refractivity contribution in [2.75, 3.05) is 31.1 Å². The van der Waals surface area contributed by atoms with Crippen molar-refractivity contribution < 1.29 is 14.7 Å². The van der Waals surface area contributed by atoms with Crippen LogP contribution in [0.4, 0.5) is 5.82 Å². The molecular formula is C18H22N8O3. The van der Waals surface area contributed by atoms with Gasteiger partial charge in [-0.15, -0.1) is 0 Å². The fourth-order valence-electron chi connectivity index (χ4n) is 3.31. The average molecular weight is 398 g/mol. The Kier molecular flexibility index (Phi) is 6.27. The third-order valence-electron chi connectivity index (χ3n) is 4.47. The summed E-state index contributed by atoms with van der Waals surface area (Å²) >= 11 is 0. The summed E-state index contributed by atoms with van der Waals surface area (Å²) in [5.41, 5.74) is 2.75. The van der Waals surface area contributed by atoms with Gasteiger partial charge in [-0.25, -0.2) is 24.9 Å². The van der Waals surface area contributed by atoms with Crippen LogP contribution < -0.4 is 4.90 Å². The number of imidazole rings is 1. The third kappa shape index (κ3) is 4.62. The molecule has 0 unspecified atom stereocenters. The molecule has 0 aliphatic carbocycles. The van der Waals surface area contributed by atoms with Crippen molar-refractivity contribution in [3.8, 4) is 0 Å². The van der Waals surface area contributed by atoms with Gasteiger partial charge in [-0.2, -0.15) is 0 Å². The zero-order valence-corrected chi connectivity index (χ0v) is 16.2. The molecule has 4 rings (SSSR count). The summed E-state index contributed by atoms with van der Waals surface area (Å²) in [6.07, 6.45) is 4.00. The van der Waals surface area contributed by atoms with Crippen molar-refractivity contribution in [3.63, 3.8) is 0 Å². The highest BCUT2D eigenvalue weighted by Crippen LogP contribution is 2.21. The van der Waals surface area contributed by atoms with Crippen LogP contribution in [0.15, 0.2) is 18.7 Å². The Morgan fingerprint density at radius 3 is 2.69 bits per heavy atom. The van der Waals surface area contributed by atoms with Crippen molar-refractivity contribution in [1.82, 2.24) is 34.8 Å². The lowest BCUT2D eigenvalue weighted by atomic mass is 10.2. The molecule has 0 bridgehead atoms. The normalized spacial score (nSPS) is 14.1. The number of nitrogens with zero attached hydrogens (tertiary/aromatic N) is 7. The molecule has 11 nitrogen and oxygen atoms in total. The number of fused-ring (bicyclic) bond motifs is 1. The van der Waals surface area contributed by atoms with Gasteiger partial charge in [0.05, 0.1) is 6.33 Å². The predicted octanol–water partition coefficient (Wildman–Crippen LogP) is 0.813. The molecule has 1 aliphatic heterocycles. The fraction of sp³-hybridized carbons (Fsp3) is 0.389. The summed E-state index contributed by atoms with van der Waals surface area (Å²) in [5, 5.41) is 6.89. The SMILES string of the molecule is Cc1cc(C(=O)N2CCCN(c3ncnc4nc[nH]c34)CC2)nc(C)n1.O=CO. The molecule has 1 saturated heterocycles. The van der Waals surface area contributed by atoms with Gasteiger partial charge in [0.25, 0.3) is 12.4 Å². The molecule has 0 spiro atoms. The summed E-state index contributed by atoms with van der Waals surface area (Å²) in [7, 11) is 0. The number of aromatic nitrogens is 6. The van der Waals surface area contributed by atoms with Gasteiger partial charge in [-0.3, -0.25) is 9.59 Å². The van der Waals surface area contributed by atoms with E-state index < -0.39 is 0 Å². The monoisotopic (exact) mass is 398 g/mol. The van der Waals surface area contributed by atoms with Gasteiger partial charge in [0.1, 0.15) is 23.4 Å². The number of carboxylic acid groups (broad SMARTS) is 1. The minimum atomic E-state index is -0.250. The number of aryl methyl sites for hydroxylation is 2. The first-order valence-electron chi connectivity index (χ1n) is 9.12. The van der Waals surface area contributed by atoms with Crippen LogP contribution in [-0.2, 0) is 4.79 Å². The van der Waals surface area contributed by atoms with Crippen LogP contribution in [0.3, 0.4) is 0 Å². The maximum absolute atomic E-state index is 12.8. The second kappa shape index (κ2) is 9.04. The third-order valence-corrected chi connectivity index (χ3v) is 4.47. The van der Waals surface area contributed by atoms with Crippen LogP contribution in [0, 0.1) is 13.8 Å². The smallest absolute Gasteiger partial charge is 0.290 e. The molecule has 0 radical (unpaired) electrons. The first-order chi connectivity index (χ1) is 14.0. The summed E-state index contributed by atoms with van der Waals surface area (Å²) in [4.78, 5) is 49.6. The average Bonchev–Trinajstić information content (AvgIpc) is 3.04. The molecule has 3 aromatic heterocycles. The number of H-pyrrole nitrogens is 1. The lowest BCUT2D eigenvalue weighted by molar-refractivity contribution is -0.122. The number of anilines is 1. The second-order valence-electron chi connectivity index (χ2n) is 6.48. The highest BCUT2D eigenvalue weighted by Gasteiger charge is 2.23. The number of nitrogens with one attached hydrogen (secondary N) is 1. The Morgan fingerprint density at radius 1 is 1.14 bits per heavy atom. The molecule has 1 aliphatic rings. The molecule has 0 saturated carbocycles. The van der Waals surface area contributed by atoms with Gasteiger partial charge >= 0.3 is 0 Å². The summed E-state index contributed by atoms with van der Waals surface area (Å²) in [6.45, 7) is 6.24. The number of carbonyl (C=O) groups is 2. The molecule has 29 heavy (non-hydrogen) atoms. The second-order valence-corrected chi connectivity index (χ2v) is 6.48. The predicted molar refractivity (Wildman–Crippen MR) is 105 cm³/mol. The Bertz CT molecular complexity index is 985. The molecule has 11 heteroatoms. The van der Waals surface area contributed by atoms with Crippen LogP contribution in [0.25, 0.3) is 11.2 Å². The van der Waals surface area contributed by atoms with Crippen molar-refractivity contribution in [2.24, 2.45) is 0 Å². The molecule has 0 atom stereocenters. The van der Waals surface area contributed by atoms with Crippen LogP contribution in [0.2, 0.25) is 0 Å². The van der Waals surface area contributed by atoms with Crippen molar-refractivity contribution in [2.45, 2.75) is 20.3 Å². The van der Waals surface area contributed by atoms with Crippen LogP contribution >= 0.6 is 0 Å². The number of hydrogen-bond acceptors (Lipinski definition) is 8. The van der Waals surface area contributed by atoms with Crippen molar-refractivity contribution in [3.05, 3.63) is 35.9 Å². The Morgan fingerprint density at radius 2 is 1.93 bits per heavy atom. The minimum absolute atomic E-state index is 0.0465. The number of amides is 1. The highest BCUT2D eigenvalue weighted by atomic mass is 16.3. The van der Waals surface area contributed by atoms with Crippen LogP contribution in [0.1, 0.15) is 28.4 Å². The van der Waals surface area contributed by atoms with Gasteiger partial charge in [-0.05, 0) is 26.3 Å². The molecule has 4 heterocycles.